The van der Waals surface area contributed by atoms with Crippen LogP contribution in [-0.2, 0) is 0 Å². The van der Waals surface area contributed by atoms with Gasteiger partial charge < -0.3 is 10.2 Å². The van der Waals surface area contributed by atoms with E-state index in [-0.39, 0.29) is 11.9 Å². The lowest BCUT2D eigenvalue weighted by Crippen LogP contribution is -2.48. The highest BCUT2D eigenvalue weighted by Crippen LogP contribution is 2.14. The average Bonchev–Trinajstić information content (AvgIpc) is 2.52. The van der Waals surface area contributed by atoms with Crippen LogP contribution in [0.4, 0.5) is 0 Å². The molecule has 1 saturated heterocycles. The molecule has 112 valence electrons. The minimum Gasteiger partial charge on any atom is -0.335 e. The predicted molar refractivity (Wildman–Crippen MR) is 83.0 cm³/mol. The van der Waals surface area contributed by atoms with Crippen molar-refractivity contribution in [2.75, 3.05) is 13.1 Å². The van der Waals surface area contributed by atoms with Crippen molar-refractivity contribution >= 4 is 5.91 Å². The molecule has 1 aromatic rings. The van der Waals surface area contributed by atoms with Gasteiger partial charge in [-0.1, -0.05) is 12.5 Å². The fourth-order valence-corrected chi connectivity index (χ4v) is 2.73. The zero-order valence-corrected chi connectivity index (χ0v) is 12.8. The van der Waals surface area contributed by atoms with Gasteiger partial charge in [0.05, 0.1) is 11.6 Å². The molecule has 0 bridgehead atoms. The van der Waals surface area contributed by atoms with E-state index in [1.54, 1.807) is 24.3 Å². The lowest BCUT2D eigenvalue weighted by Gasteiger charge is -2.33. The number of nitrogens with zero attached hydrogens (tertiary/aromatic N) is 2. The number of hydrogen-bond donors (Lipinski definition) is 1. The number of benzene rings is 1. The Bertz CT molecular complexity index is 527. The Morgan fingerprint density at radius 1 is 1.48 bits per heavy atom. The van der Waals surface area contributed by atoms with E-state index in [0.29, 0.717) is 17.2 Å². The molecular formula is C17H23N3O. The number of nitriles is 1. The van der Waals surface area contributed by atoms with Crippen LogP contribution in [0.25, 0.3) is 0 Å². The molecule has 1 aliphatic rings. The van der Waals surface area contributed by atoms with Gasteiger partial charge >= 0.3 is 0 Å². The molecule has 1 amide bonds. The van der Waals surface area contributed by atoms with Gasteiger partial charge in [-0.15, -0.1) is 0 Å². The fraction of sp³-hybridized carbons (Fsp3) is 0.529. The predicted octanol–water partition coefficient (Wildman–Crippen LogP) is 2.55. The second kappa shape index (κ2) is 7.24. The van der Waals surface area contributed by atoms with Crippen molar-refractivity contribution < 1.29 is 4.79 Å². The zero-order chi connectivity index (χ0) is 15.2. The molecule has 1 atom stereocenters. The van der Waals surface area contributed by atoms with E-state index in [2.05, 4.69) is 11.4 Å². The van der Waals surface area contributed by atoms with Gasteiger partial charge in [-0.3, -0.25) is 4.79 Å². The summed E-state index contributed by atoms with van der Waals surface area (Å²) in [6.45, 7) is 5.84. The molecule has 1 aliphatic heterocycles. The van der Waals surface area contributed by atoms with E-state index in [4.69, 9.17) is 5.26 Å². The van der Waals surface area contributed by atoms with Crippen LogP contribution in [0.3, 0.4) is 0 Å². The molecule has 1 N–H and O–H groups in total. The van der Waals surface area contributed by atoms with Crippen molar-refractivity contribution in [1.29, 1.82) is 5.26 Å². The Balaban J connectivity index is 2.12. The molecule has 4 nitrogen and oxygen atoms in total. The first-order valence-corrected chi connectivity index (χ1v) is 7.66. The van der Waals surface area contributed by atoms with Crippen molar-refractivity contribution in [2.24, 2.45) is 0 Å². The van der Waals surface area contributed by atoms with Crippen molar-refractivity contribution in [3.05, 3.63) is 35.4 Å². The van der Waals surface area contributed by atoms with E-state index < -0.39 is 0 Å². The lowest BCUT2D eigenvalue weighted by atomic mass is 10.0. The highest BCUT2D eigenvalue weighted by Gasteiger charge is 2.23. The highest BCUT2D eigenvalue weighted by molar-refractivity contribution is 5.94. The van der Waals surface area contributed by atoms with Gasteiger partial charge in [0.15, 0.2) is 0 Å². The fourth-order valence-electron chi connectivity index (χ4n) is 2.73. The third kappa shape index (κ3) is 4.05. The van der Waals surface area contributed by atoms with Crippen LogP contribution >= 0.6 is 0 Å². The molecule has 21 heavy (non-hydrogen) atoms. The summed E-state index contributed by atoms with van der Waals surface area (Å²) >= 11 is 0. The Hall–Kier alpha value is -1.86. The van der Waals surface area contributed by atoms with Gasteiger partial charge in [0.25, 0.3) is 5.91 Å². The van der Waals surface area contributed by atoms with Gasteiger partial charge in [0.1, 0.15) is 0 Å². The SMILES string of the molecule is CC(C)N(CC1CCCCN1)C(=O)c1cccc(C#N)c1. The van der Waals surface area contributed by atoms with Crippen LogP contribution in [-0.4, -0.2) is 36.0 Å². The Morgan fingerprint density at radius 2 is 2.29 bits per heavy atom. The Morgan fingerprint density at radius 3 is 2.90 bits per heavy atom. The summed E-state index contributed by atoms with van der Waals surface area (Å²) in [5.41, 5.74) is 1.12. The number of nitrogens with one attached hydrogen (secondary N) is 1. The molecule has 0 aliphatic carbocycles. The standard InChI is InChI=1S/C17H23N3O/c1-13(2)20(12-16-8-3-4-9-19-16)17(21)15-7-5-6-14(10-15)11-18/h5-7,10,13,16,19H,3-4,8-9,12H2,1-2H3. The van der Waals surface area contributed by atoms with E-state index in [0.717, 1.165) is 19.5 Å². The molecule has 0 aromatic heterocycles. The first kappa shape index (κ1) is 15.5. The summed E-state index contributed by atoms with van der Waals surface area (Å²) < 4.78 is 0. The third-order valence-corrected chi connectivity index (χ3v) is 3.95. The van der Waals surface area contributed by atoms with E-state index >= 15 is 0 Å². The van der Waals surface area contributed by atoms with E-state index in [1.165, 1.54) is 12.8 Å². The highest BCUT2D eigenvalue weighted by atomic mass is 16.2. The molecular weight excluding hydrogens is 262 g/mol. The number of carbonyl (C=O) groups is 1. The van der Waals surface area contributed by atoms with Crippen molar-refractivity contribution in [2.45, 2.75) is 45.2 Å². The topological polar surface area (TPSA) is 56.1 Å². The largest absolute Gasteiger partial charge is 0.335 e. The van der Waals surface area contributed by atoms with Crippen LogP contribution in [0.15, 0.2) is 24.3 Å². The number of amides is 1. The Kier molecular flexibility index (Phi) is 5.35. The van der Waals surface area contributed by atoms with E-state index in [1.807, 2.05) is 18.7 Å². The smallest absolute Gasteiger partial charge is 0.254 e. The van der Waals surface area contributed by atoms with Crippen molar-refractivity contribution in [3.8, 4) is 6.07 Å². The lowest BCUT2D eigenvalue weighted by molar-refractivity contribution is 0.0677. The van der Waals surface area contributed by atoms with Gasteiger partial charge in [-0.05, 0) is 51.4 Å². The monoisotopic (exact) mass is 285 g/mol. The van der Waals surface area contributed by atoms with Crippen LogP contribution in [0.2, 0.25) is 0 Å². The summed E-state index contributed by atoms with van der Waals surface area (Å²) in [4.78, 5) is 14.6. The second-order valence-electron chi connectivity index (χ2n) is 5.89. The quantitative estimate of drug-likeness (QED) is 0.925. The summed E-state index contributed by atoms with van der Waals surface area (Å²) in [5, 5.41) is 12.5. The first-order chi connectivity index (χ1) is 10.1. The maximum atomic E-state index is 12.7. The molecule has 1 fully saturated rings. The molecule has 0 saturated carbocycles. The Labute approximate surface area is 126 Å². The molecule has 1 aromatic carbocycles. The number of rotatable bonds is 4. The van der Waals surface area contributed by atoms with Crippen molar-refractivity contribution in [1.82, 2.24) is 10.2 Å². The summed E-state index contributed by atoms with van der Waals surface area (Å²) in [7, 11) is 0. The van der Waals surface area contributed by atoms with E-state index in [9.17, 15) is 4.79 Å². The van der Waals surface area contributed by atoms with Gasteiger partial charge in [0.2, 0.25) is 0 Å². The van der Waals surface area contributed by atoms with Gasteiger partial charge in [0, 0.05) is 24.2 Å². The normalized spacial score (nSPS) is 18.3. The number of hydrogen-bond acceptors (Lipinski definition) is 3. The van der Waals surface area contributed by atoms with Gasteiger partial charge in [-0.2, -0.15) is 5.26 Å². The summed E-state index contributed by atoms with van der Waals surface area (Å²) in [5.74, 6) is 0.00877. The van der Waals surface area contributed by atoms with Crippen LogP contribution in [0, 0.1) is 11.3 Å². The molecule has 1 unspecified atom stereocenters. The summed E-state index contributed by atoms with van der Waals surface area (Å²) in [6.07, 6.45) is 3.56. The van der Waals surface area contributed by atoms with Gasteiger partial charge in [-0.25, -0.2) is 0 Å². The third-order valence-electron chi connectivity index (χ3n) is 3.95. The minimum absolute atomic E-state index is 0.00877. The number of carbonyl (C=O) groups excluding carboxylic acids is 1. The van der Waals surface area contributed by atoms with Crippen LogP contribution in [0.1, 0.15) is 49.0 Å². The van der Waals surface area contributed by atoms with Crippen LogP contribution in [0.5, 0.6) is 0 Å². The molecule has 0 spiro atoms. The van der Waals surface area contributed by atoms with Crippen molar-refractivity contribution in [3.63, 3.8) is 0 Å². The summed E-state index contributed by atoms with van der Waals surface area (Å²) in [6, 6.07) is 9.56. The molecule has 4 heteroatoms. The van der Waals surface area contributed by atoms with Crippen LogP contribution < -0.4 is 5.32 Å². The maximum Gasteiger partial charge on any atom is 0.254 e. The minimum atomic E-state index is 0.00877. The first-order valence-electron chi connectivity index (χ1n) is 7.66. The maximum absolute atomic E-state index is 12.7. The number of piperidine rings is 1. The zero-order valence-electron chi connectivity index (χ0n) is 12.8. The second-order valence-corrected chi connectivity index (χ2v) is 5.89. The molecule has 0 radical (unpaired) electrons. The molecule has 2 rings (SSSR count). The molecule has 1 heterocycles. The average molecular weight is 285 g/mol.